The van der Waals surface area contributed by atoms with E-state index in [0.717, 1.165) is 6.42 Å². The summed E-state index contributed by atoms with van der Waals surface area (Å²) in [6, 6.07) is 0. The lowest BCUT2D eigenvalue weighted by Crippen LogP contribution is -1.90. The van der Waals surface area contributed by atoms with Gasteiger partial charge in [-0.05, 0) is 6.42 Å². The normalized spacial score (nSPS) is 12.7. The van der Waals surface area contributed by atoms with Crippen LogP contribution in [0.2, 0.25) is 0 Å². The minimum absolute atomic E-state index is 0.569. The van der Waals surface area contributed by atoms with E-state index in [1.807, 2.05) is 6.92 Å². The first-order chi connectivity index (χ1) is 4.06. The topological polar surface area (TPSA) is 66.7 Å². The standard InChI is InChI=1S/C4H9NO3S/c1-2-3-4-5-9(6,7)8/h4H,2-3H2,1H3,(H,6,7,8). The van der Waals surface area contributed by atoms with Crippen molar-refractivity contribution >= 4 is 16.5 Å². The van der Waals surface area contributed by atoms with Crippen molar-refractivity contribution in [3.05, 3.63) is 0 Å². The molecule has 0 aromatic rings. The highest BCUT2D eigenvalue weighted by molar-refractivity contribution is 7.84. The quantitative estimate of drug-likeness (QED) is 0.476. The van der Waals surface area contributed by atoms with Crippen molar-refractivity contribution < 1.29 is 13.0 Å². The Labute approximate surface area is 54.5 Å². The number of nitrogens with zero attached hydrogens (tertiary/aromatic N) is 1. The van der Waals surface area contributed by atoms with E-state index in [9.17, 15) is 8.42 Å². The number of hydrogen-bond donors (Lipinski definition) is 1. The van der Waals surface area contributed by atoms with Gasteiger partial charge in [0.2, 0.25) is 0 Å². The molecule has 54 valence electrons. The Morgan fingerprint density at radius 1 is 1.67 bits per heavy atom. The highest BCUT2D eigenvalue weighted by Crippen LogP contribution is 1.85. The van der Waals surface area contributed by atoms with Gasteiger partial charge in [-0.15, -0.1) is 0 Å². The van der Waals surface area contributed by atoms with Crippen molar-refractivity contribution in [3.8, 4) is 0 Å². The van der Waals surface area contributed by atoms with E-state index in [-0.39, 0.29) is 0 Å². The van der Waals surface area contributed by atoms with Gasteiger partial charge in [-0.25, -0.2) is 0 Å². The van der Waals surface area contributed by atoms with Crippen LogP contribution in [0.25, 0.3) is 0 Å². The zero-order valence-corrected chi connectivity index (χ0v) is 5.93. The lowest BCUT2D eigenvalue weighted by Gasteiger charge is -1.82. The average Bonchev–Trinajstić information content (AvgIpc) is 1.63. The molecule has 4 nitrogen and oxygen atoms in total. The first-order valence-electron chi connectivity index (χ1n) is 2.57. The molecule has 0 aliphatic heterocycles. The first-order valence-corrected chi connectivity index (χ1v) is 3.97. The molecular weight excluding hydrogens is 142 g/mol. The second-order valence-corrected chi connectivity index (χ2v) is 2.63. The smallest absolute Gasteiger partial charge is 0.268 e. The average molecular weight is 151 g/mol. The van der Waals surface area contributed by atoms with E-state index in [1.165, 1.54) is 6.21 Å². The molecule has 0 atom stereocenters. The Morgan fingerprint density at radius 3 is 2.56 bits per heavy atom. The highest BCUT2D eigenvalue weighted by Gasteiger charge is 1.93. The fourth-order valence-electron chi connectivity index (χ4n) is 0.276. The molecule has 0 amide bonds. The van der Waals surface area contributed by atoms with E-state index in [2.05, 4.69) is 4.40 Å². The Hall–Kier alpha value is -0.420. The molecule has 0 heterocycles. The molecule has 0 fully saturated rings. The third-order valence-electron chi connectivity index (χ3n) is 0.626. The summed E-state index contributed by atoms with van der Waals surface area (Å²) >= 11 is 0. The molecule has 0 rings (SSSR count). The first kappa shape index (κ1) is 8.58. The maximum atomic E-state index is 9.86. The van der Waals surface area contributed by atoms with Gasteiger partial charge in [-0.1, -0.05) is 13.3 Å². The van der Waals surface area contributed by atoms with Gasteiger partial charge in [0.1, 0.15) is 0 Å². The van der Waals surface area contributed by atoms with E-state index in [1.54, 1.807) is 0 Å². The van der Waals surface area contributed by atoms with Crippen LogP contribution in [0.15, 0.2) is 4.40 Å². The van der Waals surface area contributed by atoms with Crippen LogP contribution >= 0.6 is 0 Å². The van der Waals surface area contributed by atoms with Gasteiger partial charge in [-0.2, -0.15) is 12.8 Å². The minimum atomic E-state index is -4.13. The molecule has 0 aromatic heterocycles. The zero-order valence-electron chi connectivity index (χ0n) is 5.11. The van der Waals surface area contributed by atoms with Crippen molar-refractivity contribution in [3.63, 3.8) is 0 Å². The van der Waals surface area contributed by atoms with Crippen LogP contribution in [-0.4, -0.2) is 19.2 Å². The number of hydrogen-bond acceptors (Lipinski definition) is 2. The molecule has 0 aliphatic rings. The maximum Gasteiger partial charge on any atom is 0.378 e. The number of rotatable bonds is 3. The third kappa shape index (κ3) is 7.58. The molecule has 0 spiro atoms. The molecule has 0 radical (unpaired) electrons. The molecule has 0 saturated heterocycles. The van der Waals surface area contributed by atoms with Crippen molar-refractivity contribution in [1.29, 1.82) is 0 Å². The summed E-state index contributed by atoms with van der Waals surface area (Å²) < 4.78 is 30.6. The van der Waals surface area contributed by atoms with Gasteiger partial charge in [0, 0.05) is 6.21 Å². The Balaban J connectivity index is 3.73. The zero-order chi connectivity index (χ0) is 7.33. The van der Waals surface area contributed by atoms with Gasteiger partial charge in [0.25, 0.3) is 0 Å². The number of unbranched alkanes of at least 4 members (excludes halogenated alkanes) is 1. The van der Waals surface area contributed by atoms with E-state index < -0.39 is 10.3 Å². The van der Waals surface area contributed by atoms with Crippen molar-refractivity contribution in [2.45, 2.75) is 19.8 Å². The molecule has 0 aliphatic carbocycles. The summed E-state index contributed by atoms with van der Waals surface area (Å²) in [5.41, 5.74) is 0. The highest BCUT2D eigenvalue weighted by atomic mass is 32.2. The van der Waals surface area contributed by atoms with E-state index in [4.69, 9.17) is 4.55 Å². The maximum absolute atomic E-state index is 9.86. The second-order valence-electron chi connectivity index (χ2n) is 1.52. The molecule has 1 N–H and O–H groups in total. The van der Waals surface area contributed by atoms with Gasteiger partial charge >= 0.3 is 10.3 Å². The predicted molar refractivity (Wildman–Crippen MR) is 34.9 cm³/mol. The van der Waals surface area contributed by atoms with Crippen molar-refractivity contribution in [1.82, 2.24) is 0 Å². The van der Waals surface area contributed by atoms with Crippen LogP contribution in [0, 0.1) is 0 Å². The molecule has 5 heteroatoms. The molecular formula is C4H9NO3S. The summed E-state index contributed by atoms with van der Waals surface area (Å²) in [5, 5.41) is 0. The molecule has 0 aromatic carbocycles. The van der Waals surface area contributed by atoms with Crippen molar-refractivity contribution in [2.24, 2.45) is 4.40 Å². The minimum Gasteiger partial charge on any atom is -0.268 e. The Bertz CT molecular complexity index is 182. The van der Waals surface area contributed by atoms with Crippen LogP contribution in [0.4, 0.5) is 0 Å². The van der Waals surface area contributed by atoms with E-state index >= 15 is 0 Å². The Morgan fingerprint density at radius 2 is 2.22 bits per heavy atom. The molecule has 0 bridgehead atoms. The van der Waals surface area contributed by atoms with Gasteiger partial charge in [0.15, 0.2) is 0 Å². The van der Waals surface area contributed by atoms with Crippen LogP contribution in [0.1, 0.15) is 19.8 Å². The fourth-order valence-corrected chi connectivity index (χ4v) is 0.570. The summed E-state index contributed by atoms with van der Waals surface area (Å²) in [4.78, 5) is 0. The van der Waals surface area contributed by atoms with Crippen molar-refractivity contribution in [2.75, 3.05) is 0 Å². The largest absolute Gasteiger partial charge is 0.378 e. The lowest BCUT2D eigenvalue weighted by atomic mass is 10.4. The summed E-state index contributed by atoms with van der Waals surface area (Å²) in [6.07, 6.45) is 2.56. The van der Waals surface area contributed by atoms with Gasteiger partial charge < -0.3 is 0 Å². The SMILES string of the molecule is CCCC=NS(=O)(=O)O. The van der Waals surface area contributed by atoms with Crippen LogP contribution in [0.5, 0.6) is 0 Å². The lowest BCUT2D eigenvalue weighted by molar-refractivity contribution is 0.485. The van der Waals surface area contributed by atoms with Gasteiger partial charge in [0.05, 0.1) is 0 Å². The van der Waals surface area contributed by atoms with Crippen LogP contribution < -0.4 is 0 Å². The predicted octanol–water partition coefficient (Wildman–Crippen LogP) is 0.660. The molecule has 0 saturated carbocycles. The third-order valence-corrected chi connectivity index (χ3v) is 1.04. The molecule has 0 unspecified atom stereocenters. The Kier molecular flexibility index (Phi) is 3.41. The fraction of sp³-hybridized carbons (Fsp3) is 0.750. The van der Waals surface area contributed by atoms with Gasteiger partial charge in [-0.3, -0.25) is 4.55 Å². The summed E-state index contributed by atoms with van der Waals surface area (Å²) in [6.45, 7) is 1.88. The summed E-state index contributed by atoms with van der Waals surface area (Å²) in [7, 11) is -4.13. The van der Waals surface area contributed by atoms with Crippen LogP contribution in [-0.2, 0) is 10.3 Å². The summed E-state index contributed by atoms with van der Waals surface area (Å²) in [5.74, 6) is 0. The second kappa shape index (κ2) is 3.58. The van der Waals surface area contributed by atoms with E-state index in [0.29, 0.717) is 6.42 Å². The monoisotopic (exact) mass is 151 g/mol. The van der Waals surface area contributed by atoms with Crippen LogP contribution in [0.3, 0.4) is 0 Å². The molecule has 9 heavy (non-hydrogen) atoms.